The standard InChI is InChI=1S/C16H15F3N2OS/c17-16(18,19)14-4-2-1-3-11(14)12-7-13(12)15(22)21-5-6-23-9-10(21)8-20/h1-4,10,12-13H,5-7,9H2/t10-,12+,13-/m1/s1. The first-order valence-corrected chi connectivity index (χ1v) is 8.53. The van der Waals surface area contributed by atoms with E-state index in [0.29, 0.717) is 18.7 Å². The molecule has 3 nitrogen and oxygen atoms in total. The third kappa shape index (κ3) is 3.18. The Balaban J connectivity index is 1.78. The highest BCUT2D eigenvalue weighted by atomic mass is 32.2. The highest BCUT2D eigenvalue weighted by Crippen LogP contribution is 2.52. The number of amides is 1. The number of benzene rings is 1. The molecule has 3 atom stereocenters. The van der Waals surface area contributed by atoms with Gasteiger partial charge < -0.3 is 4.90 Å². The first-order chi connectivity index (χ1) is 10.9. The van der Waals surface area contributed by atoms with Crippen molar-refractivity contribution in [1.82, 2.24) is 4.90 Å². The fourth-order valence-corrected chi connectivity index (χ4v) is 4.05. The van der Waals surface area contributed by atoms with Crippen LogP contribution in [-0.4, -0.2) is 34.9 Å². The summed E-state index contributed by atoms with van der Waals surface area (Å²) in [6, 6.07) is 7.08. The number of hydrogen-bond donors (Lipinski definition) is 0. The molecule has 0 spiro atoms. The number of nitrogens with zero attached hydrogens (tertiary/aromatic N) is 2. The molecule has 1 aromatic rings. The molecule has 1 aliphatic carbocycles. The summed E-state index contributed by atoms with van der Waals surface area (Å²) in [5, 5.41) is 9.14. The number of thioether (sulfide) groups is 1. The molecule has 7 heteroatoms. The summed E-state index contributed by atoms with van der Waals surface area (Å²) >= 11 is 1.62. The molecule has 122 valence electrons. The van der Waals surface area contributed by atoms with Crippen LogP contribution in [0.2, 0.25) is 0 Å². The second-order valence-corrected chi connectivity index (χ2v) is 6.93. The Morgan fingerprint density at radius 1 is 1.35 bits per heavy atom. The number of alkyl halides is 3. The predicted molar refractivity (Wildman–Crippen MR) is 80.7 cm³/mol. The number of rotatable bonds is 2. The quantitative estimate of drug-likeness (QED) is 0.830. The Hall–Kier alpha value is -1.68. The zero-order valence-electron chi connectivity index (χ0n) is 12.2. The Morgan fingerprint density at radius 3 is 2.78 bits per heavy atom. The second kappa shape index (κ2) is 6.08. The van der Waals surface area contributed by atoms with Gasteiger partial charge in [0.2, 0.25) is 5.91 Å². The number of carbonyl (C=O) groups excluding carboxylic acids is 1. The Kier molecular flexibility index (Phi) is 4.28. The van der Waals surface area contributed by atoms with Gasteiger partial charge in [-0.05, 0) is 24.0 Å². The van der Waals surface area contributed by atoms with E-state index in [2.05, 4.69) is 6.07 Å². The van der Waals surface area contributed by atoms with Gasteiger partial charge in [-0.15, -0.1) is 0 Å². The number of nitriles is 1. The van der Waals surface area contributed by atoms with Crippen LogP contribution in [0.25, 0.3) is 0 Å². The molecule has 2 fully saturated rings. The van der Waals surface area contributed by atoms with Crippen molar-refractivity contribution in [3.05, 3.63) is 35.4 Å². The maximum Gasteiger partial charge on any atom is 0.416 e. The lowest BCUT2D eigenvalue weighted by Crippen LogP contribution is -2.46. The topological polar surface area (TPSA) is 44.1 Å². The lowest BCUT2D eigenvalue weighted by Gasteiger charge is -2.31. The summed E-state index contributed by atoms with van der Waals surface area (Å²) in [7, 11) is 0. The molecule has 0 bridgehead atoms. The van der Waals surface area contributed by atoms with E-state index < -0.39 is 29.6 Å². The van der Waals surface area contributed by atoms with Gasteiger partial charge in [0.25, 0.3) is 0 Å². The highest BCUT2D eigenvalue weighted by Gasteiger charge is 2.50. The van der Waals surface area contributed by atoms with Crippen molar-refractivity contribution < 1.29 is 18.0 Å². The third-order valence-corrected chi connectivity index (χ3v) is 5.36. The molecule has 2 aliphatic rings. The van der Waals surface area contributed by atoms with Crippen LogP contribution in [-0.2, 0) is 11.0 Å². The molecule has 0 aromatic heterocycles. The summed E-state index contributed by atoms with van der Waals surface area (Å²) in [5.74, 6) is 0.324. The van der Waals surface area contributed by atoms with Crippen molar-refractivity contribution in [3.63, 3.8) is 0 Å². The van der Waals surface area contributed by atoms with Crippen LogP contribution in [0.1, 0.15) is 23.5 Å². The first kappa shape index (κ1) is 16.2. The summed E-state index contributed by atoms with van der Waals surface area (Å²) in [6.45, 7) is 0.492. The van der Waals surface area contributed by atoms with Gasteiger partial charge in [-0.3, -0.25) is 4.79 Å². The van der Waals surface area contributed by atoms with Gasteiger partial charge in [-0.25, -0.2) is 0 Å². The van der Waals surface area contributed by atoms with Crippen LogP contribution < -0.4 is 0 Å². The Morgan fingerprint density at radius 2 is 2.09 bits per heavy atom. The maximum atomic E-state index is 13.1. The van der Waals surface area contributed by atoms with E-state index in [4.69, 9.17) is 5.26 Å². The Bertz CT molecular complexity index is 655. The first-order valence-electron chi connectivity index (χ1n) is 7.37. The smallest absolute Gasteiger partial charge is 0.325 e. The van der Waals surface area contributed by atoms with Crippen molar-refractivity contribution in [2.75, 3.05) is 18.1 Å². The van der Waals surface area contributed by atoms with E-state index in [0.717, 1.165) is 11.8 Å². The summed E-state index contributed by atoms with van der Waals surface area (Å²) in [5.41, 5.74) is -0.468. The average molecular weight is 340 g/mol. The molecule has 1 heterocycles. The average Bonchev–Trinajstić information content (AvgIpc) is 3.34. The molecule has 1 saturated heterocycles. The molecular weight excluding hydrogens is 325 g/mol. The molecular formula is C16H15F3N2OS. The van der Waals surface area contributed by atoms with E-state index in [1.807, 2.05) is 0 Å². The molecule has 1 aromatic carbocycles. The fraction of sp³-hybridized carbons (Fsp3) is 0.500. The van der Waals surface area contributed by atoms with Gasteiger partial charge >= 0.3 is 6.18 Å². The van der Waals surface area contributed by atoms with Crippen LogP contribution in [0, 0.1) is 17.2 Å². The summed E-state index contributed by atoms with van der Waals surface area (Å²) < 4.78 is 39.3. The van der Waals surface area contributed by atoms with Crippen LogP contribution in [0.3, 0.4) is 0 Å². The van der Waals surface area contributed by atoms with Crippen molar-refractivity contribution in [2.45, 2.75) is 24.6 Å². The number of carbonyl (C=O) groups is 1. The fourth-order valence-electron chi connectivity index (χ4n) is 3.08. The van der Waals surface area contributed by atoms with Crippen molar-refractivity contribution in [1.29, 1.82) is 5.26 Å². The van der Waals surface area contributed by atoms with Gasteiger partial charge in [-0.2, -0.15) is 30.2 Å². The Labute approximate surface area is 136 Å². The lowest BCUT2D eigenvalue weighted by atomic mass is 10.0. The highest BCUT2D eigenvalue weighted by molar-refractivity contribution is 7.99. The minimum atomic E-state index is -4.41. The van der Waals surface area contributed by atoms with Gasteiger partial charge in [0.1, 0.15) is 6.04 Å². The van der Waals surface area contributed by atoms with Gasteiger partial charge in [0.05, 0.1) is 11.6 Å². The maximum absolute atomic E-state index is 13.1. The number of hydrogen-bond acceptors (Lipinski definition) is 3. The molecule has 1 amide bonds. The molecule has 0 N–H and O–H groups in total. The number of halogens is 3. The van der Waals surface area contributed by atoms with E-state index >= 15 is 0 Å². The van der Waals surface area contributed by atoms with E-state index in [1.165, 1.54) is 17.0 Å². The van der Waals surface area contributed by atoms with Crippen LogP contribution in [0.4, 0.5) is 13.2 Å². The summed E-state index contributed by atoms with van der Waals surface area (Å²) in [6.07, 6.45) is -3.99. The van der Waals surface area contributed by atoms with Crippen molar-refractivity contribution in [2.24, 2.45) is 5.92 Å². The van der Waals surface area contributed by atoms with Gasteiger partial charge in [0, 0.05) is 24.0 Å². The molecule has 3 rings (SSSR count). The molecule has 0 radical (unpaired) electrons. The SMILES string of the molecule is N#C[C@@H]1CSCCN1C(=O)[C@@H]1C[C@H]1c1ccccc1C(F)(F)F. The van der Waals surface area contributed by atoms with Gasteiger partial charge in [-0.1, -0.05) is 18.2 Å². The lowest BCUT2D eigenvalue weighted by molar-refractivity contribution is -0.138. The zero-order chi connectivity index (χ0) is 16.6. The van der Waals surface area contributed by atoms with Crippen LogP contribution in [0.15, 0.2) is 24.3 Å². The molecule has 1 saturated carbocycles. The van der Waals surface area contributed by atoms with Crippen molar-refractivity contribution in [3.8, 4) is 6.07 Å². The summed E-state index contributed by atoms with van der Waals surface area (Å²) in [4.78, 5) is 14.1. The largest absolute Gasteiger partial charge is 0.416 e. The normalized spacial score (nSPS) is 27.4. The van der Waals surface area contributed by atoms with E-state index in [-0.39, 0.29) is 11.5 Å². The molecule has 1 aliphatic heterocycles. The van der Waals surface area contributed by atoms with E-state index in [9.17, 15) is 18.0 Å². The van der Waals surface area contributed by atoms with E-state index in [1.54, 1.807) is 17.8 Å². The van der Waals surface area contributed by atoms with Gasteiger partial charge in [0.15, 0.2) is 0 Å². The monoisotopic (exact) mass is 340 g/mol. The second-order valence-electron chi connectivity index (χ2n) is 5.79. The third-order valence-electron chi connectivity index (χ3n) is 4.33. The zero-order valence-corrected chi connectivity index (χ0v) is 13.0. The van der Waals surface area contributed by atoms with Crippen LogP contribution >= 0.6 is 11.8 Å². The minimum Gasteiger partial charge on any atom is -0.325 e. The predicted octanol–water partition coefficient (Wildman–Crippen LogP) is 3.28. The minimum absolute atomic E-state index is 0.182. The van der Waals surface area contributed by atoms with Crippen LogP contribution in [0.5, 0.6) is 0 Å². The van der Waals surface area contributed by atoms with Crippen molar-refractivity contribution >= 4 is 17.7 Å². The molecule has 23 heavy (non-hydrogen) atoms. The molecule has 0 unspecified atom stereocenters.